The first-order chi connectivity index (χ1) is 13.8. The van der Waals surface area contributed by atoms with E-state index in [4.69, 9.17) is 11.6 Å². The van der Waals surface area contributed by atoms with E-state index < -0.39 is 6.04 Å². The largest absolute Gasteiger partial charge is 0.340 e. The van der Waals surface area contributed by atoms with Crippen LogP contribution in [0.2, 0.25) is 5.02 Å². The standard InChI is InChI=1S/C22H24ClN3O3/c1-13(2)19(26-21(28)15-5-7-16(23)8-6-15)22(29)25-18-11-9-17(10-12-18)24-20(27)14-3-4-14/h5-14,19H,3-4H2,1-2H3,(H,24,27)(H,25,29)(H,26,28). The summed E-state index contributed by atoms with van der Waals surface area (Å²) in [7, 11) is 0. The predicted molar refractivity (Wildman–Crippen MR) is 114 cm³/mol. The number of benzene rings is 2. The first-order valence-corrected chi connectivity index (χ1v) is 9.99. The summed E-state index contributed by atoms with van der Waals surface area (Å²) in [5.41, 5.74) is 1.71. The zero-order valence-corrected chi connectivity index (χ0v) is 17.1. The molecule has 1 saturated carbocycles. The Hall–Kier alpha value is -2.86. The lowest BCUT2D eigenvalue weighted by Crippen LogP contribution is -2.47. The number of hydrogen-bond acceptors (Lipinski definition) is 3. The highest BCUT2D eigenvalue weighted by atomic mass is 35.5. The maximum Gasteiger partial charge on any atom is 0.251 e. The van der Waals surface area contributed by atoms with E-state index in [-0.39, 0.29) is 29.6 Å². The van der Waals surface area contributed by atoms with E-state index in [1.165, 1.54) is 0 Å². The van der Waals surface area contributed by atoms with Gasteiger partial charge in [0.05, 0.1) is 0 Å². The zero-order chi connectivity index (χ0) is 21.0. The number of amides is 3. The molecule has 0 saturated heterocycles. The van der Waals surface area contributed by atoms with Gasteiger partial charge in [-0.25, -0.2) is 0 Å². The van der Waals surface area contributed by atoms with Gasteiger partial charge in [-0.1, -0.05) is 25.4 Å². The van der Waals surface area contributed by atoms with Gasteiger partial charge in [0, 0.05) is 27.9 Å². The minimum absolute atomic E-state index is 0.0339. The summed E-state index contributed by atoms with van der Waals surface area (Å²) in [6, 6.07) is 12.7. The molecule has 7 heteroatoms. The lowest BCUT2D eigenvalue weighted by molar-refractivity contribution is -0.119. The third kappa shape index (κ3) is 5.81. The maximum atomic E-state index is 12.7. The Bertz CT molecular complexity index is 891. The molecule has 0 heterocycles. The summed E-state index contributed by atoms with van der Waals surface area (Å²) in [6.07, 6.45) is 1.89. The molecule has 29 heavy (non-hydrogen) atoms. The summed E-state index contributed by atoms with van der Waals surface area (Å²) < 4.78 is 0. The molecule has 3 N–H and O–H groups in total. The first-order valence-electron chi connectivity index (χ1n) is 9.61. The SMILES string of the molecule is CC(C)C(NC(=O)c1ccc(Cl)cc1)C(=O)Nc1ccc(NC(=O)C2CC2)cc1. The van der Waals surface area contributed by atoms with Crippen molar-refractivity contribution in [2.45, 2.75) is 32.7 Å². The number of hydrogen-bond donors (Lipinski definition) is 3. The molecule has 0 spiro atoms. The second-order valence-corrected chi connectivity index (χ2v) is 7.97. The monoisotopic (exact) mass is 413 g/mol. The van der Waals surface area contributed by atoms with E-state index in [1.54, 1.807) is 48.5 Å². The third-order valence-corrected chi connectivity index (χ3v) is 4.96. The topological polar surface area (TPSA) is 87.3 Å². The van der Waals surface area contributed by atoms with Gasteiger partial charge in [0.15, 0.2) is 0 Å². The molecule has 1 fully saturated rings. The lowest BCUT2D eigenvalue weighted by atomic mass is 10.0. The maximum absolute atomic E-state index is 12.7. The number of carbonyl (C=O) groups excluding carboxylic acids is 3. The summed E-state index contributed by atoms with van der Waals surface area (Å²) in [5.74, 6) is -0.592. The molecule has 1 aliphatic carbocycles. The highest BCUT2D eigenvalue weighted by molar-refractivity contribution is 6.30. The molecule has 2 aromatic carbocycles. The molecule has 0 aliphatic heterocycles. The smallest absolute Gasteiger partial charge is 0.251 e. The molecular weight excluding hydrogens is 390 g/mol. The Morgan fingerprint density at radius 1 is 0.897 bits per heavy atom. The summed E-state index contributed by atoms with van der Waals surface area (Å²) in [4.78, 5) is 37.0. The van der Waals surface area contributed by atoms with Gasteiger partial charge in [0.2, 0.25) is 11.8 Å². The first kappa shape index (κ1) is 20.9. The third-order valence-electron chi connectivity index (χ3n) is 4.71. The molecule has 3 amide bonds. The Morgan fingerprint density at radius 2 is 1.45 bits per heavy atom. The summed E-state index contributed by atoms with van der Waals surface area (Å²) in [5, 5.41) is 8.99. The van der Waals surface area contributed by atoms with Crippen molar-refractivity contribution in [1.29, 1.82) is 0 Å². The molecule has 152 valence electrons. The van der Waals surface area contributed by atoms with Gasteiger partial charge in [-0.3, -0.25) is 14.4 Å². The van der Waals surface area contributed by atoms with Crippen LogP contribution in [0, 0.1) is 11.8 Å². The van der Waals surface area contributed by atoms with Crippen LogP contribution < -0.4 is 16.0 Å². The van der Waals surface area contributed by atoms with Crippen molar-refractivity contribution in [1.82, 2.24) is 5.32 Å². The summed E-state index contributed by atoms with van der Waals surface area (Å²) >= 11 is 5.85. The molecule has 0 aromatic heterocycles. The quantitative estimate of drug-likeness (QED) is 0.639. The van der Waals surface area contributed by atoms with Gasteiger partial charge in [-0.2, -0.15) is 0 Å². The molecule has 0 bridgehead atoms. The summed E-state index contributed by atoms with van der Waals surface area (Å²) in [6.45, 7) is 3.73. The molecule has 0 radical (unpaired) electrons. The Kier molecular flexibility index (Phi) is 6.54. The zero-order valence-electron chi connectivity index (χ0n) is 16.4. The second kappa shape index (κ2) is 9.09. The molecule has 3 rings (SSSR count). The minimum atomic E-state index is -0.701. The molecule has 2 aromatic rings. The van der Waals surface area contributed by atoms with Crippen molar-refractivity contribution in [3.63, 3.8) is 0 Å². The van der Waals surface area contributed by atoms with E-state index in [0.29, 0.717) is 22.0 Å². The molecule has 1 atom stereocenters. The van der Waals surface area contributed by atoms with Crippen LogP contribution in [0.1, 0.15) is 37.0 Å². The van der Waals surface area contributed by atoms with E-state index in [9.17, 15) is 14.4 Å². The molecule has 6 nitrogen and oxygen atoms in total. The van der Waals surface area contributed by atoms with Crippen LogP contribution in [0.3, 0.4) is 0 Å². The van der Waals surface area contributed by atoms with Gasteiger partial charge in [0.1, 0.15) is 6.04 Å². The van der Waals surface area contributed by atoms with Gasteiger partial charge >= 0.3 is 0 Å². The molecular formula is C22H24ClN3O3. The second-order valence-electron chi connectivity index (χ2n) is 7.53. The highest BCUT2D eigenvalue weighted by Crippen LogP contribution is 2.30. The van der Waals surface area contributed by atoms with Crippen molar-refractivity contribution < 1.29 is 14.4 Å². The van der Waals surface area contributed by atoms with Gasteiger partial charge in [-0.05, 0) is 67.3 Å². The average Bonchev–Trinajstić information content (AvgIpc) is 3.53. The van der Waals surface area contributed by atoms with Crippen molar-refractivity contribution >= 4 is 40.7 Å². The van der Waals surface area contributed by atoms with Crippen molar-refractivity contribution in [2.24, 2.45) is 11.8 Å². The Balaban J connectivity index is 1.60. The van der Waals surface area contributed by atoms with Crippen molar-refractivity contribution in [3.8, 4) is 0 Å². The number of carbonyl (C=O) groups is 3. The number of anilines is 2. The van der Waals surface area contributed by atoms with E-state index in [0.717, 1.165) is 12.8 Å². The van der Waals surface area contributed by atoms with Crippen LogP contribution in [-0.4, -0.2) is 23.8 Å². The Morgan fingerprint density at radius 3 is 1.97 bits per heavy atom. The van der Waals surface area contributed by atoms with Crippen LogP contribution in [0.15, 0.2) is 48.5 Å². The average molecular weight is 414 g/mol. The van der Waals surface area contributed by atoms with Crippen LogP contribution >= 0.6 is 11.6 Å². The van der Waals surface area contributed by atoms with Gasteiger partial charge in [0.25, 0.3) is 5.91 Å². The van der Waals surface area contributed by atoms with Crippen molar-refractivity contribution in [3.05, 3.63) is 59.1 Å². The van der Waals surface area contributed by atoms with Crippen LogP contribution in [0.5, 0.6) is 0 Å². The Labute approximate surface area is 175 Å². The predicted octanol–water partition coefficient (Wildman–Crippen LogP) is 4.08. The highest BCUT2D eigenvalue weighted by Gasteiger charge is 2.29. The fourth-order valence-corrected chi connectivity index (χ4v) is 2.93. The molecule has 1 unspecified atom stereocenters. The van der Waals surface area contributed by atoms with Crippen LogP contribution in [0.4, 0.5) is 11.4 Å². The fourth-order valence-electron chi connectivity index (χ4n) is 2.81. The van der Waals surface area contributed by atoms with Crippen molar-refractivity contribution in [2.75, 3.05) is 10.6 Å². The van der Waals surface area contributed by atoms with Gasteiger partial charge in [-0.15, -0.1) is 0 Å². The lowest BCUT2D eigenvalue weighted by Gasteiger charge is -2.22. The van der Waals surface area contributed by atoms with Crippen LogP contribution in [0.25, 0.3) is 0 Å². The van der Waals surface area contributed by atoms with Crippen LogP contribution in [-0.2, 0) is 9.59 Å². The number of nitrogens with one attached hydrogen (secondary N) is 3. The number of rotatable bonds is 7. The number of halogens is 1. The van der Waals surface area contributed by atoms with Gasteiger partial charge < -0.3 is 16.0 Å². The molecule has 1 aliphatic rings. The fraction of sp³-hybridized carbons (Fsp3) is 0.318. The van der Waals surface area contributed by atoms with E-state index in [1.807, 2.05) is 13.8 Å². The normalized spacial score (nSPS) is 14.2. The van der Waals surface area contributed by atoms with E-state index in [2.05, 4.69) is 16.0 Å². The minimum Gasteiger partial charge on any atom is -0.340 e. The van der Waals surface area contributed by atoms with E-state index >= 15 is 0 Å².